The fourth-order valence-electron chi connectivity index (χ4n) is 2.64. The molecule has 0 atom stereocenters. The molecule has 98 valence electrons. The molecule has 1 aliphatic heterocycles. The van der Waals surface area contributed by atoms with Gasteiger partial charge in [0.25, 0.3) is 0 Å². The fourth-order valence-corrected chi connectivity index (χ4v) is 2.64. The lowest BCUT2D eigenvalue weighted by molar-refractivity contribution is 0.000621. The average Bonchev–Trinajstić information content (AvgIpc) is 2.29. The third-order valence-electron chi connectivity index (χ3n) is 3.47. The molecule has 1 aliphatic rings. The van der Waals surface area contributed by atoms with E-state index in [-0.39, 0.29) is 11.5 Å². The first-order chi connectivity index (χ1) is 8.49. The Morgan fingerprint density at radius 1 is 1.39 bits per heavy atom. The van der Waals surface area contributed by atoms with Crippen molar-refractivity contribution in [1.82, 2.24) is 5.12 Å². The lowest BCUT2D eigenvalue weighted by Gasteiger charge is -2.28. The van der Waals surface area contributed by atoms with Crippen molar-refractivity contribution in [2.45, 2.75) is 25.7 Å². The number of amides is 1. The first kappa shape index (κ1) is 13.0. The number of carbonyl (C=O) groups is 1. The minimum atomic E-state index is -0.629. The van der Waals surface area contributed by atoms with Crippen LogP contribution >= 0.6 is 0 Å². The molecule has 1 amide bonds. The van der Waals surface area contributed by atoms with Crippen LogP contribution in [0.3, 0.4) is 0 Å². The van der Waals surface area contributed by atoms with Gasteiger partial charge < -0.3 is 5.73 Å². The van der Waals surface area contributed by atoms with Gasteiger partial charge in [0.15, 0.2) is 0 Å². The molecule has 5 heteroatoms. The number of rotatable bonds is 2. The molecule has 3 nitrogen and oxygen atoms in total. The van der Waals surface area contributed by atoms with Crippen molar-refractivity contribution in [1.29, 1.82) is 0 Å². The van der Waals surface area contributed by atoms with Crippen LogP contribution in [0.4, 0.5) is 8.87 Å². The van der Waals surface area contributed by atoms with Crippen molar-refractivity contribution in [3.63, 3.8) is 0 Å². The molecule has 1 saturated heterocycles. The summed E-state index contributed by atoms with van der Waals surface area (Å²) in [6, 6.07) is 2.57. The molecule has 1 aromatic rings. The maximum absolute atomic E-state index is 13.3. The predicted molar refractivity (Wildman–Crippen MR) is 64.3 cm³/mol. The van der Waals surface area contributed by atoms with E-state index in [9.17, 15) is 13.7 Å². The minimum absolute atomic E-state index is 0.0695. The standard InChI is InChI=1S/C13H16F2N2O/c1-8-6-10(14)7-11(13(16)18)12(8)9-2-4-17(15)5-3-9/h6-7,9H,2-5H2,1H3,(H2,16,18). The van der Waals surface area contributed by atoms with Gasteiger partial charge in [0.2, 0.25) is 5.91 Å². The Kier molecular flexibility index (Phi) is 3.61. The zero-order valence-electron chi connectivity index (χ0n) is 10.2. The van der Waals surface area contributed by atoms with E-state index < -0.39 is 11.7 Å². The maximum atomic E-state index is 13.3. The third-order valence-corrected chi connectivity index (χ3v) is 3.47. The van der Waals surface area contributed by atoms with Gasteiger partial charge in [-0.2, -0.15) is 0 Å². The molecule has 0 aromatic heterocycles. The molecule has 0 spiro atoms. The number of halogens is 2. The molecule has 0 bridgehead atoms. The highest BCUT2D eigenvalue weighted by atomic mass is 19.2. The fraction of sp³-hybridized carbons (Fsp3) is 0.462. The van der Waals surface area contributed by atoms with E-state index in [0.717, 1.165) is 10.7 Å². The Hall–Kier alpha value is -1.49. The van der Waals surface area contributed by atoms with Crippen molar-refractivity contribution in [3.05, 3.63) is 34.6 Å². The molecule has 0 saturated carbocycles. The van der Waals surface area contributed by atoms with Crippen LogP contribution in [0.2, 0.25) is 0 Å². The van der Waals surface area contributed by atoms with Crippen molar-refractivity contribution in [3.8, 4) is 0 Å². The van der Waals surface area contributed by atoms with E-state index in [1.165, 1.54) is 12.1 Å². The molecule has 0 radical (unpaired) electrons. The molecule has 1 heterocycles. The number of primary amides is 1. The van der Waals surface area contributed by atoms with Gasteiger partial charge in [-0.15, -0.1) is 9.60 Å². The highest BCUT2D eigenvalue weighted by Crippen LogP contribution is 2.33. The molecular formula is C13H16F2N2O. The highest BCUT2D eigenvalue weighted by Gasteiger charge is 2.25. The largest absolute Gasteiger partial charge is 0.366 e. The first-order valence-corrected chi connectivity index (χ1v) is 5.99. The summed E-state index contributed by atoms with van der Waals surface area (Å²) in [5.74, 6) is -1.02. The molecular weight excluding hydrogens is 238 g/mol. The summed E-state index contributed by atoms with van der Waals surface area (Å²) in [5, 5.41) is 0.763. The predicted octanol–water partition coefficient (Wildman–Crippen LogP) is 2.30. The van der Waals surface area contributed by atoms with E-state index in [1.807, 2.05) is 0 Å². The number of benzene rings is 1. The second kappa shape index (κ2) is 5.02. The van der Waals surface area contributed by atoms with E-state index in [0.29, 0.717) is 31.5 Å². The Morgan fingerprint density at radius 3 is 2.56 bits per heavy atom. The second-order valence-electron chi connectivity index (χ2n) is 4.73. The highest BCUT2D eigenvalue weighted by molar-refractivity contribution is 5.95. The molecule has 18 heavy (non-hydrogen) atoms. The monoisotopic (exact) mass is 254 g/mol. The first-order valence-electron chi connectivity index (χ1n) is 5.99. The van der Waals surface area contributed by atoms with Gasteiger partial charge >= 0.3 is 0 Å². The number of hydrogen-bond donors (Lipinski definition) is 1. The number of carbonyl (C=O) groups excluding carboxylic acids is 1. The quantitative estimate of drug-likeness (QED) is 0.823. The van der Waals surface area contributed by atoms with E-state index in [2.05, 4.69) is 0 Å². The minimum Gasteiger partial charge on any atom is -0.366 e. The molecule has 0 unspecified atom stereocenters. The summed E-state index contributed by atoms with van der Waals surface area (Å²) >= 11 is 0. The SMILES string of the molecule is Cc1cc(F)cc(C(N)=O)c1C1CCN(F)CC1. The van der Waals surface area contributed by atoms with Crippen LogP contribution in [0.15, 0.2) is 12.1 Å². The summed E-state index contributed by atoms with van der Waals surface area (Å²) in [5.41, 5.74) is 7.01. The summed E-state index contributed by atoms with van der Waals surface area (Å²) in [6.45, 7) is 2.42. The number of nitrogens with two attached hydrogens (primary N) is 1. The lowest BCUT2D eigenvalue weighted by atomic mass is 9.84. The molecule has 1 aromatic carbocycles. The van der Waals surface area contributed by atoms with Crippen molar-refractivity contribution in [2.75, 3.05) is 13.1 Å². The van der Waals surface area contributed by atoms with Gasteiger partial charge in [0, 0.05) is 18.7 Å². The third kappa shape index (κ3) is 2.51. The van der Waals surface area contributed by atoms with Gasteiger partial charge in [-0.25, -0.2) is 4.39 Å². The van der Waals surface area contributed by atoms with Gasteiger partial charge in [-0.1, -0.05) is 0 Å². The van der Waals surface area contributed by atoms with Gasteiger partial charge in [-0.3, -0.25) is 4.79 Å². The normalized spacial score (nSPS) is 17.9. The molecule has 1 fully saturated rings. The Bertz CT molecular complexity index is 468. The van der Waals surface area contributed by atoms with E-state index >= 15 is 0 Å². The van der Waals surface area contributed by atoms with E-state index in [1.54, 1.807) is 6.92 Å². The summed E-state index contributed by atoms with van der Waals surface area (Å²) in [4.78, 5) is 11.4. The van der Waals surface area contributed by atoms with Crippen LogP contribution in [-0.4, -0.2) is 24.1 Å². The second-order valence-corrected chi connectivity index (χ2v) is 4.73. The van der Waals surface area contributed by atoms with Gasteiger partial charge in [0.1, 0.15) is 5.82 Å². The maximum Gasteiger partial charge on any atom is 0.249 e. The zero-order valence-corrected chi connectivity index (χ0v) is 10.2. The van der Waals surface area contributed by atoms with Crippen LogP contribution in [0.25, 0.3) is 0 Å². The number of hydrogen-bond acceptors (Lipinski definition) is 2. The van der Waals surface area contributed by atoms with Crippen LogP contribution in [0, 0.1) is 12.7 Å². The summed E-state index contributed by atoms with van der Waals surface area (Å²) < 4.78 is 26.3. The zero-order chi connectivity index (χ0) is 13.3. The summed E-state index contributed by atoms with van der Waals surface area (Å²) in [7, 11) is 0. The average molecular weight is 254 g/mol. The number of aryl methyl sites for hydroxylation is 1. The van der Waals surface area contributed by atoms with Crippen LogP contribution < -0.4 is 5.73 Å². The smallest absolute Gasteiger partial charge is 0.249 e. The van der Waals surface area contributed by atoms with Crippen LogP contribution in [0.5, 0.6) is 0 Å². The van der Waals surface area contributed by atoms with Gasteiger partial charge in [-0.05, 0) is 48.9 Å². The topological polar surface area (TPSA) is 46.3 Å². The van der Waals surface area contributed by atoms with Crippen LogP contribution in [0.1, 0.15) is 40.2 Å². The van der Waals surface area contributed by atoms with Crippen molar-refractivity contribution >= 4 is 5.91 Å². The van der Waals surface area contributed by atoms with Crippen LogP contribution in [-0.2, 0) is 0 Å². The molecule has 0 aliphatic carbocycles. The number of piperidine rings is 1. The summed E-state index contributed by atoms with van der Waals surface area (Å²) in [6.07, 6.45) is 1.23. The Morgan fingerprint density at radius 2 is 2.00 bits per heavy atom. The Balaban J connectivity index is 2.39. The molecule has 2 N–H and O–H groups in total. The van der Waals surface area contributed by atoms with Gasteiger partial charge in [0.05, 0.1) is 0 Å². The number of nitrogens with zero attached hydrogens (tertiary/aromatic N) is 1. The van der Waals surface area contributed by atoms with Crippen molar-refractivity contribution < 1.29 is 13.7 Å². The molecule has 2 rings (SSSR count). The van der Waals surface area contributed by atoms with E-state index in [4.69, 9.17) is 5.73 Å². The van der Waals surface area contributed by atoms with Crippen molar-refractivity contribution in [2.24, 2.45) is 5.73 Å². The lowest BCUT2D eigenvalue weighted by Crippen LogP contribution is -2.28. The Labute approximate surface area is 105 Å².